The number of benzene rings is 2. The molecule has 0 saturated carbocycles. The predicted molar refractivity (Wildman–Crippen MR) is 126 cm³/mol. The number of ether oxygens (including phenoxy) is 4. The number of amides is 2. The number of anilines is 1. The van der Waals surface area contributed by atoms with Gasteiger partial charge in [0.05, 0.1) is 18.7 Å². The first kappa shape index (κ1) is 24.5. The molecule has 2 aromatic carbocycles. The van der Waals surface area contributed by atoms with Crippen LogP contribution in [0.5, 0.6) is 0 Å². The van der Waals surface area contributed by atoms with Crippen LogP contribution >= 0.6 is 0 Å². The summed E-state index contributed by atoms with van der Waals surface area (Å²) in [5.41, 5.74) is 1.48. The average molecular weight is 483 g/mol. The molecule has 0 spiro atoms. The van der Waals surface area contributed by atoms with Crippen LogP contribution in [-0.4, -0.2) is 43.3 Å². The molecule has 1 fully saturated rings. The lowest BCUT2D eigenvalue weighted by molar-refractivity contribution is -0.158. The fourth-order valence-electron chi connectivity index (χ4n) is 4.50. The van der Waals surface area contributed by atoms with E-state index in [4.69, 9.17) is 18.9 Å². The second kappa shape index (κ2) is 9.95. The number of rotatable bonds is 4. The van der Waals surface area contributed by atoms with Crippen molar-refractivity contribution in [3.8, 4) is 0 Å². The summed E-state index contributed by atoms with van der Waals surface area (Å²) in [4.78, 5) is 39.9. The highest BCUT2D eigenvalue weighted by Crippen LogP contribution is 2.50. The van der Waals surface area contributed by atoms with Gasteiger partial charge in [-0.15, -0.1) is 0 Å². The van der Waals surface area contributed by atoms with E-state index in [9.17, 15) is 14.4 Å². The maximum absolute atomic E-state index is 13.2. The Morgan fingerprint density at radius 1 is 1.06 bits per heavy atom. The van der Waals surface area contributed by atoms with Crippen LogP contribution in [0.25, 0.3) is 0 Å². The number of alkyl carbamates (subject to hydrolysis) is 1. The van der Waals surface area contributed by atoms with Crippen molar-refractivity contribution in [2.24, 2.45) is 5.92 Å². The van der Waals surface area contributed by atoms with Gasteiger partial charge in [0, 0.05) is 12.3 Å². The molecular weight excluding hydrogens is 452 g/mol. The summed E-state index contributed by atoms with van der Waals surface area (Å²) in [6, 6.07) is 16.6. The normalized spacial score (nSPS) is 23.0. The van der Waals surface area contributed by atoms with Crippen molar-refractivity contribution in [2.45, 2.75) is 57.8 Å². The van der Waals surface area contributed by atoms with Gasteiger partial charge in [0.25, 0.3) is 0 Å². The van der Waals surface area contributed by atoms with Crippen molar-refractivity contribution >= 4 is 23.8 Å². The number of carbonyl (C=O) groups is 3. The van der Waals surface area contributed by atoms with Gasteiger partial charge < -0.3 is 18.9 Å². The van der Waals surface area contributed by atoms with Gasteiger partial charge in [-0.3, -0.25) is 15.0 Å². The van der Waals surface area contributed by atoms with Gasteiger partial charge in [0.1, 0.15) is 18.4 Å². The van der Waals surface area contributed by atoms with E-state index in [0.29, 0.717) is 5.69 Å². The molecule has 35 heavy (non-hydrogen) atoms. The number of hydrogen-bond acceptors (Lipinski definition) is 7. The minimum atomic E-state index is -0.886. The van der Waals surface area contributed by atoms with Gasteiger partial charge >= 0.3 is 18.2 Å². The highest BCUT2D eigenvalue weighted by Gasteiger charge is 2.54. The Morgan fingerprint density at radius 2 is 1.74 bits per heavy atom. The van der Waals surface area contributed by atoms with E-state index < -0.39 is 48.0 Å². The summed E-state index contributed by atoms with van der Waals surface area (Å²) in [6.07, 6.45) is -2.90. The third kappa shape index (κ3) is 5.40. The van der Waals surface area contributed by atoms with Crippen molar-refractivity contribution in [3.05, 3.63) is 65.7 Å². The number of nitrogens with one attached hydrogen (secondary N) is 1. The third-order valence-corrected chi connectivity index (χ3v) is 5.91. The molecule has 0 aliphatic carbocycles. The molecular formula is C26H30N2O7. The maximum atomic E-state index is 13.2. The zero-order chi connectivity index (χ0) is 25.2. The van der Waals surface area contributed by atoms with E-state index >= 15 is 0 Å². The van der Waals surface area contributed by atoms with Gasteiger partial charge in [-0.05, 0) is 38.0 Å². The van der Waals surface area contributed by atoms with Crippen molar-refractivity contribution in [1.82, 2.24) is 5.32 Å². The van der Waals surface area contributed by atoms with Crippen LogP contribution in [0.15, 0.2) is 54.6 Å². The Bertz CT molecular complexity index is 1080. The molecule has 4 atom stereocenters. The fourth-order valence-corrected chi connectivity index (χ4v) is 4.50. The van der Waals surface area contributed by atoms with Gasteiger partial charge in [-0.2, -0.15) is 0 Å². The lowest BCUT2D eigenvalue weighted by Crippen LogP contribution is -2.54. The highest BCUT2D eigenvalue weighted by molar-refractivity contribution is 5.92. The molecule has 2 aliphatic heterocycles. The van der Waals surface area contributed by atoms with Crippen molar-refractivity contribution in [3.63, 3.8) is 0 Å². The quantitative estimate of drug-likeness (QED) is 0.511. The van der Waals surface area contributed by atoms with Crippen molar-refractivity contribution < 1.29 is 33.3 Å². The third-order valence-electron chi connectivity index (χ3n) is 5.91. The lowest BCUT2D eigenvalue weighted by atomic mass is 9.82. The van der Waals surface area contributed by atoms with E-state index in [2.05, 4.69) is 5.32 Å². The zero-order valence-electron chi connectivity index (χ0n) is 20.2. The molecule has 9 heteroatoms. The molecule has 2 unspecified atom stereocenters. The average Bonchev–Trinajstić information content (AvgIpc) is 3.15. The monoisotopic (exact) mass is 482 g/mol. The van der Waals surface area contributed by atoms with Crippen molar-refractivity contribution in [2.75, 3.05) is 12.0 Å². The Kier molecular flexibility index (Phi) is 6.98. The van der Waals surface area contributed by atoms with E-state index in [-0.39, 0.29) is 13.0 Å². The molecule has 0 aromatic heterocycles. The summed E-state index contributed by atoms with van der Waals surface area (Å²) in [7, 11) is 1.32. The molecule has 2 aromatic rings. The van der Waals surface area contributed by atoms with Crippen LogP contribution in [0.4, 0.5) is 15.3 Å². The van der Waals surface area contributed by atoms with Gasteiger partial charge in [0.15, 0.2) is 6.23 Å². The largest absolute Gasteiger partial charge is 0.469 e. The summed E-state index contributed by atoms with van der Waals surface area (Å²) < 4.78 is 22.2. The molecule has 4 rings (SSSR count). The number of esters is 1. The summed E-state index contributed by atoms with van der Waals surface area (Å²) >= 11 is 0. The Labute approximate surface area is 204 Å². The minimum Gasteiger partial charge on any atom is -0.469 e. The number of carbonyl (C=O) groups excluding carboxylic acids is 3. The molecule has 9 nitrogen and oxygen atoms in total. The van der Waals surface area contributed by atoms with E-state index in [1.165, 1.54) is 12.0 Å². The Hall–Kier alpha value is -3.59. The number of hydrogen-bond donors (Lipinski definition) is 1. The van der Waals surface area contributed by atoms with Gasteiger partial charge in [0.2, 0.25) is 0 Å². The van der Waals surface area contributed by atoms with E-state index in [1.807, 2.05) is 42.5 Å². The van der Waals surface area contributed by atoms with Crippen LogP contribution in [0, 0.1) is 5.92 Å². The molecule has 1 N–H and O–H groups in total. The first-order valence-electron chi connectivity index (χ1n) is 11.5. The topological polar surface area (TPSA) is 103 Å². The zero-order valence-corrected chi connectivity index (χ0v) is 20.2. The van der Waals surface area contributed by atoms with Crippen LogP contribution in [0.2, 0.25) is 0 Å². The molecule has 1 saturated heterocycles. The van der Waals surface area contributed by atoms with Crippen LogP contribution < -0.4 is 10.2 Å². The Balaban J connectivity index is 1.57. The van der Waals surface area contributed by atoms with Crippen LogP contribution in [0.1, 0.15) is 44.2 Å². The number of nitrogens with zero attached hydrogens (tertiary/aromatic N) is 1. The van der Waals surface area contributed by atoms with E-state index in [0.717, 1.165) is 11.1 Å². The molecule has 186 valence electrons. The van der Waals surface area contributed by atoms with Gasteiger partial charge in [-0.25, -0.2) is 9.59 Å². The molecule has 2 aliphatic rings. The smallest absolute Gasteiger partial charge is 0.416 e. The summed E-state index contributed by atoms with van der Waals surface area (Å²) in [5, 5.41) is 2.68. The first-order chi connectivity index (χ1) is 16.7. The van der Waals surface area contributed by atoms with Crippen molar-refractivity contribution in [1.29, 1.82) is 0 Å². The lowest BCUT2D eigenvalue weighted by Gasteiger charge is -2.40. The van der Waals surface area contributed by atoms with Crippen LogP contribution in [-0.2, 0) is 30.3 Å². The summed E-state index contributed by atoms with van der Waals surface area (Å²) in [5.74, 6) is -1.59. The molecule has 0 bridgehead atoms. The van der Waals surface area contributed by atoms with E-state index in [1.54, 1.807) is 32.9 Å². The molecule has 2 heterocycles. The first-order valence-corrected chi connectivity index (χ1v) is 11.5. The van der Waals surface area contributed by atoms with Gasteiger partial charge in [-0.1, -0.05) is 48.5 Å². The number of methoxy groups -OCH3 is 1. The maximum Gasteiger partial charge on any atom is 0.416 e. The standard InChI is InChI=1S/C26H30N2O7/c1-26(2,3)35-25(31)28-19-13-9-8-12-17(19)21-18(23(29)32-4)14-20(34-22(21)28)27-24(30)33-15-16-10-6-5-7-11-16/h5-13,18,20-22H,14-15H2,1-4H3,(H,27,30)/t18-,20-,21?,22?/m1/s1. The fraction of sp³-hybridized carbons (Fsp3) is 0.423. The number of para-hydroxylation sites is 1. The predicted octanol–water partition coefficient (Wildman–Crippen LogP) is 4.31. The second-order valence-electron chi connectivity index (χ2n) is 9.52. The Morgan fingerprint density at radius 3 is 2.43 bits per heavy atom. The van der Waals surface area contributed by atoms with Crippen LogP contribution in [0.3, 0.4) is 0 Å². The SMILES string of the molecule is COC(=O)[C@@H]1C[C@H](NC(=O)OCc2ccccc2)OC2C1c1ccccc1N2C(=O)OC(C)(C)C. The molecule has 0 radical (unpaired) electrons. The second-order valence-corrected chi connectivity index (χ2v) is 9.52. The molecule has 2 amide bonds. The summed E-state index contributed by atoms with van der Waals surface area (Å²) in [6.45, 7) is 5.41. The minimum absolute atomic E-state index is 0.0847. The number of fused-ring (bicyclic) bond motifs is 3. The highest BCUT2D eigenvalue weighted by atomic mass is 16.6.